The van der Waals surface area contributed by atoms with Crippen LogP contribution in [0, 0.1) is 0 Å². The third-order valence-electron chi connectivity index (χ3n) is 2.73. The SMILES string of the molecule is COC(=O)C(=O)NC1CCCc2sccc21. The van der Waals surface area contributed by atoms with Gasteiger partial charge < -0.3 is 10.1 Å². The van der Waals surface area contributed by atoms with Crippen LogP contribution in [0.5, 0.6) is 0 Å². The zero-order valence-electron chi connectivity index (χ0n) is 8.99. The Balaban J connectivity index is 2.08. The molecule has 1 heterocycles. The molecule has 0 bridgehead atoms. The van der Waals surface area contributed by atoms with E-state index >= 15 is 0 Å². The van der Waals surface area contributed by atoms with Crippen molar-refractivity contribution in [2.75, 3.05) is 7.11 Å². The Morgan fingerprint density at radius 1 is 1.56 bits per heavy atom. The lowest BCUT2D eigenvalue weighted by molar-refractivity contribution is -0.153. The van der Waals surface area contributed by atoms with Crippen molar-refractivity contribution < 1.29 is 14.3 Å². The Labute approximate surface area is 97.6 Å². The van der Waals surface area contributed by atoms with Gasteiger partial charge in [-0.3, -0.25) is 4.79 Å². The van der Waals surface area contributed by atoms with Crippen molar-refractivity contribution in [3.8, 4) is 0 Å². The van der Waals surface area contributed by atoms with E-state index in [1.54, 1.807) is 11.3 Å². The Hall–Kier alpha value is -1.36. The first kappa shape index (κ1) is 11.1. The molecule has 86 valence electrons. The number of carbonyl (C=O) groups excluding carboxylic acids is 2. The Kier molecular flexibility index (Phi) is 3.24. The van der Waals surface area contributed by atoms with Crippen LogP contribution in [0.1, 0.15) is 29.3 Å². The molecule has 0 fully saturated rings. The molecule has 1 aliphatic rings. The first-order valence-corrected chi connectivity index (χ1v) is 6.05. The van der Waals surface area contributed by atoms with Gasteiger partial charge in [-0.2, -0.15) is 0 Å². The largest absolute Gasteiger partial charge is 0.462 e. The number of fused-ring (bicyclic) bond motifs is 1. The average molecular weight is 239 g/mol. The molecule has 16 heavy (non-hydrogen) atoms. The maximum Gasteiger partial charge on any atom is 0.396 e. The molecule has 0 aromatic carbocycles. The van der Waals surface area contributed by atoms with Crippen molar-refractivity contribution in [3.63, 3.8) is 0 Å². The lowest BCUT2D eigenvalue weighted by Crippen LogP contribution is -2.36. The van der Waals surface area contributed by atoms with Crippen molar-refractivity contribution in [2.24, 2.45) is 0 Å². The van der Waals surface area contributed by atoms with E-state index < -0.39 is 11.9 Å². The maximum atomic E-state index is 11.4. The number of amides is 1. The number of hydrogen-bond acceptors (Lipinski definition) is 4. The molecule has 2 rings (SSSR count). The number of methoxy groups -OCH3 is 1. The predicted molar refractivity (Wildman–Crippen MR) is 60.2 cm³/mol. The zero-order valence-corrected chi connectivity index (χ0v) is 9.80. The van der Waals surface area contributed by atoms with Crippen molar-refractivity contribution in [1.29, 1.82) is 0 Å². The van der Waals surface area contributed by atoms with E-state index in [4.69, 9.17) is 0 Å². The smallest absolute Gasteiger partial charge is 0.396 e. The monoisotopic (exact) mass is 239 g/mol. The molecule has 1 amide bonds. The molecular weight excluding hydrogens is 226 g/mol. The van der Waals surface area contributed by atoms with Gasteiger partial charge in [0.15, 0.2) is 0 Å². The van der Waals surface area contributed by atoms with Crippen LogP contribution in [0.3, 0.4) is 0 Å². The quantitative estimate of drug-likeness (QED) is 0.595. The summed E-state index contributed by atoms with van der Waals surface area (Å²) in [5.41, 5.74) is 1.15. The lowest BCUT2D eigenvalue weighted by atomic mass is 9.94. The molecule has 1 aliphatic carbocycles. The van der Waals surface area contributed by atoms with Gasteiger partial charge in [0.05, 0.1) is 13.2 Å². The summed E-state index contributed by atoms with van der Waals surface area (Å²) in [6.45, 7) is 0. The fourth-order valence-electron chi connectivity index (χ4n) is 1.95. The summed E-state index contributed by atoms with van der Waals surface area (Å²) in [4.78, 5) is 23.7. The van der Waals surface area contributed by atoms with Crippen LogP contribution < -0.4 is 5.32 Å². The van der Waals surface area contributed by atoms with Gasteiger partial charge in [-0.25, -0.2) is 4.79 Å². The summed E-state index contributed by atoms with van der Waals surface area (Å²) in [5.74, 6) is -1.49. The van der Waals surface area contributed by atoms with E-state index in [0.717, 1.165) is 24.8 Å². The highest BCUT2D eigenvalue weighted by Gasteiger charge is 2.25. The van der Waals surface area contributed by atoms with Crippen molar-refractivity contribution in [2.45, 2.75) is 25.3 Å². The highest BCUT2D eigenvalue weighted by Crippen LogP contribution is 2.33. The fraction of sp³-hybridized carbons (Fsp3) is 0.455. The normalized spacial score (nSPS) is 18.7. The van der Waals surface area contributed by atoms with Crippen LogP contribution in [-0.2, 0) is 20.7 Å². The maximum absolute atomic E-state index is 11.4. The summed E-state index contributed by atoms with van der Waals surface area (Å²) in [6, 6.07) is 1.98. The van der Waals surface area contributed by atoms with Gasteiger partial charge in [0, 0.05) is 4.88 Å². The van der Waals surface area contributed by atoms with E-state index in [-0.39, 0.29) is 6.04 Å². The molecule has 0 spiro atoms. The van der Waals surface area contributed by atoms with Crippen LogP contribution in [-0.4, -0.2) is 19.0 Å². The van der Waals surface area contributed by atoms with Gasteiger partial charge >= 0.3 is 11.9 Å². The van der Waals surface area contributed by atoms with Crippen LogP contribution in [0.25, 0.3) is 0 Å². The first-order valence-electron chi connectivity index (χ1n) is 5.17. The number of rotatable bonds is 1. The Bertz CT molecular complexity index is 413. The minimum absolute atomic E-state index is 0.0402. The van der Waals surface area contributed by atoms with Crippen LogP contribution >= 0.6 is 11.3 Å². The van der Waals surface area contributed by atoms with Gasteiger partial charge in [-0.1, -0.05) is 0 Å². The standard InChI is InChI=1S/C11H13NO3S/c1-15-11(14)10(13)12-8-3-2-4-9-7(8)5-6-16-9/h5-6,8H,2-4H2,1H3,(H,12,13). The molecule has 1 aromatic heterocycles. The molecule has 5 heteroatoms. The number of hydrogen-bond donors (Lipinski definition) is 1. The van der Waals surface area contributed by atoms with E-state index in [2.05, 4.69) is 10.1 Å². The molecular formula is C11H13NO3S. The van der Waals surface area contributed by atoms with Crippen molar-refractivity contribution >= 4 is 23.2 Å². The molecule has 0 saturated carbocycles. The number of aryl methyl sites for hydroxylation is 1. The van der Waals surface area contributed by atoms with Crippen molar-refractivity contribution in [1.82, 2.24) is 5.32 Å². The number of esters is 1. The molecule has 1 unspecified atom stereocenters. The van der Waals surface area contributed by atoms with Crippen LogP contribution in [0.2, 0.25) is 0 Å². The van der Waals surface area contributed by atoms with Gasteiger partial charge in [0.2, 0.25) is 0 Å². The minimum Gasteiger partial charge on any atom is -0.462 e. The zero-order chi connectivity index (χ0) is 11.5. The second-order valence-corrected chi connectivity index (χ2v) is 4.71. The highest BCUT2D eigenvalue weighted by atomic mass is 32.1. The summed E-state index contributed by atoms with van der Waals surface area (Å²) >= 11 is 1.70. The van der Waals surface area contributed by atoms with E-state index in [1.807, 2.05) is 11.4 Å². The topological polar surface area (TPSA) is 55.4 Å². The number of carbonyl (C=O) groups is 2. The molecule has 1 N–H and O–H groups in total. The van der Waals surface area contributed by atoms with E-state index in [0.29, 0.717) is 0 Å². The molecule has 1 aromatic rings. The molecule has 0 saturated heterocycles. The number of ether oxygens (including phenoxy) is 1. The molecule has 0 radical (unpaired) electrons. The van der Waals surface area contributed by atoms with Gasteiger partial charge in [-0.15, -0.1) is 11.3 Å². The Morgan fingerprint density at radius 3 is 3.12 bits per heavy atom. The molecule has 1 atom stereocenters. The highest BCUT2D eigenvalue weighted by molar-refractivity contribution is 7.10. The lowest BCUT2D eigenvalue weighted by Gasteiger charge is -2.22. The van der Waals surface area contributed by atoms with E-state index in [1.165, 1.54) is 12.0 Å². The van der Waals surface area contributed by atoms with Crippen LogP contribution in [0.4, 0.5) is 0 Å². The summed E-state index contributed by atoms with van der Waals surface area (Å²) in [5, 5.41) is 4.73. The average Bonchev–Trinajstić information content (AvgIpc) is 2.77. The molecule has 4 nitrogen and oxygen atoms in total. The Morgan fingerprint density at radius 2 is 2.38 bits per heavy atom. The third kappa shape index (κ3) is 2.09. The second-order valence-electron chi connectivity index (χ2n) is 3.71. The summed E-state index contributed by atoms with van der Waals surface area (Å²) in [6.07, 6.45) is 2.99. The van der Waals surface area contributed by atoms with Crippen LogP contribution in [0.15, 0.2) is 11.4 Å². The second kappa shape index (κ2) is 4.65. The molecule has 0 aliphatic heterocycles. The van der Waals surface area contributed by atoms with Gasteiger partial charge in [0.1, 0.15) is 0 Å². The van der Waals surface area contributed by atoms with Gasteiger partial charge in [0.25, 0.3) is 0 Å². The number of nitrogens with one attached hydrogen (secondary N) is 1. The summed E-state index contributed by atoms with van der Waals surface area (Å²) < 4.78 is 4.37. The van der Waals surface area contributed by atoms with Gasteiger partial charge in [-0.05, 0) is 36.3 Å². The summed E-state index contributed by atoms with van der Waals surface area (Å²) in [7, 11) is 1.21. The van der Waals surface area contributed by atoms with E-state index in [9.17, 15) is 9.59 Å². The fourth-order valence-corrected chi connectivity index (χ4v) is 2.93. The predicted octanol–water partition coefficient (Wildman–Crippen LogP) is 1.41. The van der Waals surface area contributed by atoms with Crippen molar-refractivity contribution in [3.05, 3.63) is 21.9 Å². The number of thiophene rings is 1. The first-order chi connectivity index (χ1) is 7.72. The third-order valence-corrected chi connectivity index (χ3v) is 3.72. The minimum atomic E-state index is -0.831.